The van der Waals surface area contributed by atoms with Crippen molar-refractivity contribution < 1.29 is 9.53 Å². The SMILES string of the molecule is CN=C(NCCC(=O)OC(C)C)NCC(C)Sc1ccccc1. The first-order valence-corrected chi connectivity index (χ1v) is 8.75. The first kappa shape index (κ1) is 19.4. The standard InChI is InChI=1S/C17H27N3O2S/c1-13(2)22-16(21)10-11-19-17(18-4)20-12-14(3)23-15-8-6-5-7-9-15/h5-9,13-14H,10-12H2,1-4H3,(H2,18,19,20). The lowest BCUT2D eigenvalue weighted by atomic mass is 10.4. The molecule has 0 radical (unpaired) electrons. The van der Waals surface area contributed by atoms with E-state index in [0.717, 1.165) is 6.54 Å². The lowest BCUT2D eigenvalue weighted by molar-refractivity contribution is -0.147. The molecule has 1 aromatic carbocycles. The summed E-state index contributed by atoms with van der Waals surface area (Å²) in [5.74, 6) is 0.499. The zero-order valence-electron chi connectivity index (χ0n) is 14.3. The summed E-state index contributed by atoms with van der Waals surface area (Å²) in [6, 6.07) is 10.3. The van der Waals surface area contributed by atoms with Crippen LogP contribution in [0.25, 0.3) is 0 Å². The van der Waals surface area contributed by atoms with E-state index in [-0.39, 0.29) is 12.1 Å². The highest BCUT2D eigenvalue weighted by Gasteiger charge is 2.08. The molecule has 0 fully saturated rings. The van der Waals surface area contributed by atoms with Crippen molar-refractivity contribution in [1.29, 1.82) is 0 Å². The molecule has 1 rings (SSSR count). The maximum atomic E-state index is 11.5. The maximum Gasteiger partial charge on any atom is 0.307 e. The van der Waals surface area contributed by atoms with Crippen LogP contribution < -0.4 is 10.6 Å². The lowest BCUT2D eigenvalue weighted by Crippen LogP contribution is -2.40. The molecule has 0 amide bonds. The van der Waals surface area contributed by atoms with E-state index in [1.54, 1.807) is 7.05 Å². The van der Waals surface area contributed by atoms with E-state index in [2.05, 4.69) is 34.7 Å². The Kier molecular flexibility index (Phi) is 9.21. The number of ether oxygens (including phenoxy) is 1. The van der Waals surface area contributed by atoms with E-state index in [0.29, 0.717) is 24.2 Å². The van der Waals surface area contributed by atoms with Gasteiger partial charge in [-0.25, -0.2) is 0 Å². The minimum atomic E-state index is -0.198. The molecule has 1 atom stereocenters. The van der Waals surface area contributed by atoms with Crippen molar-refractivity contribution in [3.05, 3.63) is 30.3 Å². The third kappa shape index (κ3) is 9.13. The Morgan fingerprint density at radius 3 is 2.52 bits per heavy atom. The average Bonchev–Trinajstić information content (AvgIpc) is 2.51. The van der Waals surface area contributed by atoms with Crippen LogP contribution in [-0.2, 0) is 9.53 Å². The quantitative estimate of drug-likeness (QED) is 0.330. The molecule has 1 aromatic rings. The predicted molar refractivity (Wildman–Crippen MR) is 97.0 cm³/mol. The smallest absolute Gasteiger partial charge is 0.307 e. The minimum absolute atomic E-state index is 0.0733. The Bertz CT molecular complexity index is 492. The molecule has 2 N–H and O–H groups in total. The first-order chi connectivity index (χ1) is 11.0. The van der Waals surface area contributed by atoms with Gasteiger partial charge in [-0.1, -0.05) is 25.1 Å². The number of nitrogens with zero attached hydrogens (tertiary/aromatic N) is 1. The molecular weight excluding hydrogens is 310 g/mol. The van der Waals surface area contributed by atoms with Crippen LogP contribution in [0.3, 0.4) is 0 Å². The molecular formula is C17H27N3O2S. The van der Waals surface area contributed by atoms with E-state index < -0.39 is 0 Å². The Hall–Kier alpha value is -1.69. The van der Waals surface area contributed by atoms with Gasteiger partial charge in [-0.2, -0.15) is 0 Å². The molecule has 0 bridgehead atoms. The number of aliphatic imine (C=N–C) groups is 1. The number of hydrogen-bond acceptors (Lipinski definition) is 4. The van der Waals surface area contributed by atoms with Crippen molar-refractivity contribution in [2.75, 3.05) is 20.1 Å². The molecule has 0 aliphatic rings. The third-order valence-electron chi connectivity index (χ3n) is 2.85. The number of guanidine groups is 1. The predicted octanol–water partition coefficient (Wildman–Crippen LogP) is 2.67. The molecule has 0 aliphatic carbocycles. The zero-order chi connectivity index (χ0) is 17.1. The van der Waals surface area contributed by atoms with E-state index >= 15 is 0 Å². The Morgan fingerprint density at radius 1 is 1.22 bits per heavy atom. The summed E-state index contributed by atoms with van der Waals surface area (Å²) < 4.78 is 5.09. The summed E-state index contributed by atoms with van der Waals surface area (Å²) >= 11 is 1.81. The van der Waals surface area contributed by atoms with Crippen LogP contribution in [0, 0.1) is 0 Å². The molecule has 0 aromatic heterocycles. The average molecular weight is 337 g/mol. The second-order valence-corrected chi connectivity index (χ2v) is 6.92. The van der Waals surface area contributed by atoms with Gasteiger partial charge in [0, 0.05) is 30.3 Å². The topological polar surface area (TPSA) is 62.7 Å². The molecule has 0 saturated heterocycles. The Morgan fingerprint density at radius 2 is 1.91 bits per heavy atom. The molecule has 0 spiro atoms. The van der Waals surface area contributed by atoms with Crippen molar-refractivity contribution >= 4 is 23.7 Å². The first-order valence-electron chi connectivity index (χ1n) is 7.87. The van der Waals surface area contributed by atoms with E-state index in [9.17, 15) is 4.79 Å². The fourth-order valence-electron chi connectivity index (χ4n) is 1.84. The summed E-state index contributed by atoms with van der Waals surface area (Å²) in [4.78, 5) is 16.9. The van der Waals surface area contributed by atoms with Crippen LogP contribution in [0.5, 0.6) is 0 Å². The van der Waals surface area contributed by atoms with Crippen LogP contribution in [0.1, 0.15) is 27.2 Å². The molecule has 0 saturated carbocycles. The normalized spacial score (nSPS) is 12.8. The fraction of sp³-hybridized carbons (Fsp3) is 0.529. The van der Waals surface area contributed by atoms with Crippen LogP contribution in [0.2, 0.25) is 0 Å². The highest BCUT2D eigenvalue weighted by atomic mass is 32.2. The molecule has 0 heterocycles. The van der Waals surface area contributed by atoms with E-state index in [4.69, 9.17) is 4.74 Å². The summed E-state index contributed by atoms with van der Waals surface area (Å²) in [6.07, 6.45) is 0.253. The Labute approximate surface area is 143 Å². The third-order valence-corrected chi connectivity index (χ3v) is 3.96. The summed E-state index contributed by atoms with van der Waals surface area (Å²) in [7, 11) is 1.72. The highest BCUT2D eigenvalue weighted by molar-refractivity contribution is 8.00. The van der Waals surface area contributed by atoms with Gasteiger partial charge in [0.15, 0.2) is 5.96 Å². The summed E-state index contributed by atoms with van der Waals surface area (Å²) in [5, 5.41) is 6.80. The maximum absolute atomic E-state index is 11.5. The van der Waals surface area contributed by atoms with E-state index in [1.807, 2.05) is 43.8 Å². The molecule has 1 unspecified atom stereocenters. The van der Waals surface area contributed by atoms with Gasteiger partial charge in [0.05, 0.1) is 12.5 Å². The molecule has 5 nitrogen and oxygen atoms in total. The summed E-state index contributed by atoms with van der Waals surface area (Å²) in [5.41, 5.74) is 0. The number of carbonyl (C=O) groups excluding carboxylic acids is 1. The number of benzene rings is 1. The van der Waals surface area contributed by atoms with Gasteiger partial charge in [0.2, 0.25) is 0 Å². The van der Waals surface area contributed by atoms with Crippen LogP contribution >= 0.6 is 11.8 Å². The van der Waals surface area contributed by atoms with Crippen molar-refractivity contribution in [2.45, 2.75) is 43.4 Å². The second-order valence-electron chi connectivity index (χ2n) is 5.41. The molecule has 23 heavy (non-hydrogen) atoms. The fourth-order valence-corrected chi connectivity index (χ4v) is 2.78. The van der Waals surface area contributed by atoms with Crippen LogP contribution in [-0.4, -0.2) is 43.4 Å². The summed E-state index contributed by atoms with van der Waals surface area (Å²) in [6.45, 7) is 7.15. The van der Waals surface area contributed by atoms with Crippen LogP contribution in [0.4, 0.5) is 0 Å². The van der Waals surface area contributed by atoms with Gasteiger partial charge >= 0.3 is 5.97 Å². The number of thioether (sulfide) groups is 1. The number of hydrogen-bond donors (Lipinski definition) is 2. The largest absolute Gasteiger partial charge is 0.463 e. The van der Waals surface area contributed by atoms with Crippen LogP contribution in [0.15, 0.2) is 40.2 Å². The number of esters is 1. The molecule has 6 heteroatoms. The highest BCUT2D eigenvalue weighted by Crippen LogP contribution is 2.21. The molecule has 128 valence electrons. The van der Waals surface area contributed by atoms with Gasteiger partial charge in [0.25, 0.3) is 0 Å². The lowest BCUT2D eigenvalue weighted by Gasteiger charge is -2.16. The van der Waals surface area contributed by atoms with E-state index in [1.165, 1.54) is 4.90 Å². The monoisotopic (exact) mass is 337 g/mol. The van der Waals surface area contributed by atoms with Gasteiger partial charge in [0.1, 0.15) is 0 Å². The molecule has 0 aliphatic heterocycles. The minimum Gasteiger partial charge on any atom is -0.463 e. The van der Waals surface area contributed by atoms with Crippen molar-refractivity contribution in [3.63, 3.8) is 0 Å². The Balaban J connectivity index is 2.24. The van der Waals surface area contributed by atoms with Gasteiger partial charge in [-0.15, -0.1) is 11.8 Å². The van der Waals surface area contributed by atoms with Gasteiger partial charge < -0.3 is 15.4 Å². The number of carbonyl (C=O) groups is 1. The number of rotatable bonds is 8. The number of nitrogens with one attached hydrogen (secondary N) is 2. The van der Waals surface area contributed by atoms with Gasteiger partial charge in [-0.05, 0) is 26.0 Å². The van der Waals surface area contributed by atoms with Crippen molar-refractivity contribution in [3.8, 4) is 0 Å². The van der Waals surface area contributed by atoms with Crippen molar-refractivity contribution in [2.24, 2.45) is 4.99 Å². The zero-order valence-corrected chi connectivity index (χ0v) is 15.2. The van der Waals surface area contributed by atoms with Crippen molar-refractivity contribution in [1.82, 2.24) is 10.6 Å². The second kappa shape index (κ2) is 10.9. The van der Waals surface area contributed by atoms with Gasteiger partial charge in [-0.3, -0.25) is 9.79 Å².